The quantitative estimate of drug-likeness (QED) is 0.760. The van der Waals surface area contributed by atoms with Crippen LogP contribution in [0, 0.1) is 0 Å². The Morgan fingerprint density at radius 3 is 2.81 bits per heavy atom. The number of aryl methyl sites for hydroxylation is 3. The maximum absolute atomic E-state index is 4.74. The maximum atomic E-state index is 4.74. The van der Waals surface area contributed by atoms with Crippen LogP contribution in [0.25, 0.3) is 4.96 Å². The molecule has 2 aromatic rings. The number of aromatic nitrogens is 3. The van der Waals surface area contributed by atoms with E-state index in [4.69, 9.17) is 4.98 Å². The number of imidazole rings is 1. The molecule has 4 heteroatoms. The van der Waals surface area contributed by atoms with Gasteiger partial charge in [-0.1, -0.05) is 31.1 Å². The highest BCUT2D eigenvalue weighted by atomic mass is 32.1. The van der Waals surface area contributed by atoms with Crippen LogP contribution in [0.3, 0.4) is 0 Å². The zero-order chi connectivity index (χ0) is 11.0. The third-order valence-corrected chi connectivity index (χ3v) is 4.35. The fourth-order valence-electron chi connectivity index (χ4n) is 2.40. The molecule has 0 fully saturated rings. The number of nitrogens with zero attached hydrogens (tertiary/aromatic N) is 3. The first-order valence-electron chi connectivity index (χ1n) is 6.24. The lowest BCUT2D eigenvalue weighted by molar-refractivity contribution is 0.599. The van der Waals surface area contributed by atoms with E-state index in [0.717, 1.165) is 24.2 Å². The smallest absolute Gasteiger partial charge is 0.212 e. The lowest BCUT2D eigenvalue weighted by Gasteiger charge is -2.07. The molecule has 16 heavy (non-hydrogen) atoms. The second-order valence-corrected chi connectivity index (χ2v) is 5.50. The first kappa shape index (κ1) is 10.3. The Hall–Kier alpha value is -0.900. The molecule has 0 aliphatic heterocycles. The van der Waals surface area contributed by atoms with E-state index in [1.54, 1.807) is 11.3 Å². The zero-order valence-electron chi connectivity index (χ0n) is 9.70. The van der Waals surface area contributed by atoms with Gasteiger partial charge in [0.15, 0.2) is 0 Å². The molecular weight excluding hydrogens is 218 g/mol. The highest BCUT2D eigenvalue weighted by Crippen LogP contribution is 2.24. The van der Waals surface area contributed by atoms with Gasteiger partial charge in [0.1, 0.15) is 5.01 Å². The van der Waals surface area contributed by atoms with Crippen LogP contribution in [0.15, 0.2) is 0 Å². The second kappa shape index (κ2) is 4.17. The Kier molecular flexibility index (Phi) is 2.67. The summed E-state index contributed by atoms with van der Waals surface area (Å²) in [5, 5.41) is 5.85. The minimum Gasteiger partial charge on any atom is -0.222 e. The average molecular weight is 235 g/mol. The van der Waals surface area contributed by atoms with Gasteiger partial charge in [-0.05, 0) is 32.1 Å². The molecule has 86 valence electrons. The van der Waals surface area contributed by atoms with E-state index in [1.165, 1.54) is 42.1 Å². The van der Waals surface area contributed by atoms with Crippen molar-refractivity contribution in [3.63, 3.8) is 0 Å². The van der Waals surface area contributed by atoms with Gasteiger partial charge in [-0.25, -0.2) is 9.50 Å². The molecule has 0 unspecified atom stereocenters. The molecule has 0 N–H and O–H groups in total. The van der Waals surface area contributed by atoms with Crippen LogP contribution in [0.1, 0.15) is 49.0 Å². The van der Waals surface area contributed by atoms with Crippen molar-refractivity contribution in [3.05, 3.63) is 16.4 Å². The minimum absolute atomic E-state index is 1.02. The Morgan fingerprint density at radius 2 is 2.00 bits per heavy atom. The van der Waals surface area contributed by atoms with Gasteiger partial charge in [0.25, 0.3) is 0 Å². The summed E-state index contributed by atoms with van der Waals surface area (Å²) in [4.78, 5) is 5.84. The van der Waals surface area contributed by atoms with E-state index in [1.807, 2.05) is 0 Å². The summed E-state index contributed by atoms with van der Waals surface area (Å²) in [5.74, 6) is 0. The van der Waals surface area contributed by atoms with E-state index >= 15 is 0 Å². The molecule has 2 aromatic heterocycles. The third kappa shape index (κ3) is 1.65. The van der Waals surface area contributed by atoms with Crippen LogP contribution in [0.4, 0.5) is 0 Å². The lowest BCUT2D eigenvalue weighted by Crippen LogP contribution is -2.02. The summed E-state index contributed by atoms with van der Waals surface area (Å²) in [6.07, 6.45) is 8.62. The summed E-state index contributed by atoms with van der Waals surface area (Å²) in [7, 11) is 0. The molecule has 0 atom stereocenters. The fourth-order valence-corrected chi connectivity index (χ4v) is 3.27. The first-order valence-corrected chi connectivity index (χ1v) is 7.06. The second-order valence-electron chi connectivity index (χ2n) is 4.46. The van der Waals surface area contributed by atoms with Crippen LogP contribution >= 0.6 is 11.3 Å². The summed E-state index contributed by atoms with van der Waals surface area (Å²) in [6.45, 7) is 2.15. The highest BCUT2D eigenvalue weighted by Gasteiger charge is 2.16. The van der Waals surface area contributed by atoms with E-state index in [9.17, 15) is 0 Å². The molecular formula is C12H17N3S. The standard InChI is InChI=1S/C12H17N3S/c1-2-11-14-15-10-8-6-4-3-5-7-9(10)13-12(15)16-11/h2-8H2,1H3. The van der Waals surface area contributed by atoms with Crippen molar-refractivity contribution in [2.45, 2.75) is 51.9 Å². The molecule has 1 aliphatic rings. The summed E-state index contributed by atoms with van der Waals surface area (Å²) in [6, 6.07) is 0. The van der Waals surface area contributed by atoms with Gasteiger partial charge in [0, 0.05) is 0 Å². The number of rotatable bonds is 1. The zero-order valence-corrected chi connectivity index (χ0v) is 10.5. The first-order chi connectivity index (χ1) is 7.88. The molecule has 0 amide bonds. The molecule has 2 heterocycles. The van der Waals surface area contributed by atoms with Crippen molar-refractivity contribution >= 4 is 16.3 Å². The van der Waals surface area contributed by atoms with Crippen LogP contribution in [-0.4, -0.2) is 14.6 Å². The van der Waals surface area contributed by atoms with Crippen molar-refractivity contribution in [1.82, 2.24) is 14.6 Å². The minimum atomic E-state index is 1.02. The summed E-state index contributed by atoms with van der Waals surface area (Å²) >= 11 is 1.75. The monoisotopic (exact) mass is 235 g/mol. The van der Waals surface area contributed by atoms with Crippen LogP contribution in [0.2, 0.25) is 0 Å². The van der Waals surface area contributed by atoms with Crippen molar-refractivity contribution in [2.24, 2.45) is 0 Å². The Balaban J connectivity index is 2.08. The molecule has 3 nitrogen and oxygen atoms in total. The summed E-state index contributed by atoms with van der Waals surface area (Å²) in [5.41, 5.74) is 2.69. The van der Waals surface area contributed by atoms with E-state index in [-0.39, 0.29) is 0 Å². The lowest BCUT2D eigenvalue weighted by atomic mass is 10.0. The molecule has 1 aliphatic carbocycles. The Bertz CT molecular complexity index is 498. The van der Waals surface area contributed by atoms with Gasteiger partial charge in [-0.3, -0.25) is 0 Å². The average Bonchev–Trinajstić information content (AvgIpc) is 2.76. The molecule has 0 aromatic carbocycles. The number of hydrogen-bond acceptors (Lipinski definition) is 3. The van der Waals surface area contributed by atoms with Crippen molar-refractivity contribution in [2.75, 3.05) is 0 Å². The van der Waals surface area contributed by atoms with Crippen molar-refractivity contribution in [1.29, 1.82) is 0 Å². The predicted octanol–water partition coefficient (Wildman–Crippen LogP) is 3.01. The van der Waals surface area contributed by atoms with Crippen molar-refractivity contribution < 1.29 is 0 Å². The van der Waals surface area contributed by atoms with Gasteiger partial charge in [-0.15, -0.1) is 0 Å². The predicted molar refractivity (Wildman–Crippen MR) is 66.1 cm³/mol. The van der Waals surface area contributed by atoms with E-state index in [2.05, 4.69) is 16.5 Å². The van der Waals surface area contributed by atoms with E-state index < -0.39 is 0 Å². The maximum Gasteiger partial charge on any atom is 0.212 e. The number of hydrogen-bond donors (Lipinski definition) is 0. The summed E-state index contributed by atoms with van der Waals surface area (Å²) < 4.78 is 2.10. The molecule has 0 bridgehead atoms. The molecule has 0 saturated heterocycles. The van der Waals surface area contributed by atoms with Gasteiger partial charge >= 0.3 is 0 Å². The van der Waals surface area contributed by atoms with Gasteiger partial charge in [0.05, 0.1) is 11.4 Å². The van der Waals surface area contributed by atoms with Gasteiger partial charge < -0.3 is 0 Å². The van der Waals surface area contributed by atoms with Crippen LogP contribution in [-0.2, 0) is 19.3 Å². The topological polar surface area (TPSA) is 30.2 Å². The Labute approximate surface area is 99.5 Å². The Morgan fingerprint density at radius 1 is 1.19 bits per heavy atom. The van der Waals surface area contributed by atoms with Crippen LogP contribution in [0.5, 0.6) is 0 Å². The molecule has 0 radical (unpaired) electrons. The highest BCUT2D eigenvalue weighted by molar-refractivity contribution is 7.16. The molecule has 3 rings (SSSR count). The van der Waals surface area contributed by atoms with Crippen molar-refractivity contribution in [3.8, 4) is 0 Å². The SMILES string of the molecule is CCc1nn2c3c(nc2s1)CCCCCC3. The largest absolute Gasteiger partial charge is 0.222 e. The van der Waals surface area contributed by atoms with Crippen LogP contribution < -0.4 is 0 Å². The fraction of sp³-hybridized carbons (Fsp3) is 0.667. The number of fused-ring (bicyclic) bond motifs is 3. The molecule has 0 spiro atoms. The third-order valence-electron chi connectivity index (χ3n) is 3.30. The van der Waals surface area contributed by atoms with Gasteiger partial charge in [0.2, 0.25) is 4.96 Å². The van der Waals surface area contributed by atoms with Gasteiger partial charge in [-0.2, -0.15) is 5.10 Å². The molecule has 0 saturated carbocycles. The van der Waals surface area contributed by atoms with E-state index in [0.29, 0.717) is 0 Å². The normalized spacial score (nSPS) is 17.1.